The quantitative estimate of drug-likeness (QED) is 0.823. The Hall–Kier alpha value is -1.21. The molecule has 2 aromatic heterocycles. The molecule has 2 heterocycles. The molecule has 0 unspecified atom stereocenters. The molecule has 0 amide bonds. The van der Waals surface area contributed by atoms with Crippen LogP contribution >= 0.6 is 15.9 Å². The molecule has 1 aliphatic rings. The number of nitrogen functional groups attached to an aromatic ring is 1. The second-order valence-corrected chi connectivity index (χ2v) is 5.05. The van der Waals surface area contributed by atoms with E-state index in [1.807, 2.05) is 0 Å². The first kappa shape index (κ1) is 7.99. The largest absolute Gasteiger partial charge is 0.390 e. The van der Waals surface area contributed by atoms with Gasteiger partial charge in [0.25, 0.3) is 0 Å². The van der Waals surface area contributed by atoms with Crippen LogP contribution in [0.15, 0.2) is 10.9 Å². The van der Waals surface area contributed by atoms with Crippen LogP contribution in [0.1, 0.15) is 35.5 Å². The Morgan fingerprint density at radius 2 is 2.47 bits per heavy atom. The van der Waals surface area contributed by atoms with Crippen LogP contribution in [0.2, 0.25) is 0 Å². The second-order valence-electron chi connectivity index (χ2n) is 4.30. The van der Waals surface area contributed by atoms with Gasteiger partial charge in [0, 0.05) is 10.0 Å². The zero-order chi connectivity index (χ0) is 14.7. The van der Waals surface area contributed by atoms with Gasteiger partial charge in [0.15, 0.2) is 5.82 Å². The molecule has 90 valence electrons. The minimum Gasteiger partial charge on any atom is -0.390 e. The lowest BCUT2D eigenvalue weighted by molar-refractivity contribution is -0.0337. The van der Waals surface area contributed by atoms with E-state index in [1.54, 1.807) is 0 Å². The molecule has 2 aromatic rings. The molecular weight excluding hydrogens is 286 g/mol. The van der Waals surface area contributed by atoms with E-state index < -0.39 is 12.5 Å². The van der Waals surface area contributed by atoms with E-state index in [-0.39, 0.29) is 24.6 Å². The topological polar surface area (TPSA) is 89.3 Å². The van der Waals surface area contributed by atoms with Crippen molar-refractivity contribution < 1.29 is 9.22 Å². The zero-order valence-electron chi connectivity index (χ0n) is 11.8. The van der Waals surface area contributed by atoms with Gasteiger partial charge in [-0.05, 0) is 35.6 Å². The molecule has 0 atom stereocenters. The molecule has 0 aliphatic heterocycles. The summed E-state index contributed by atoms with van der Waals surface area (Å²) in [6.07, 6.45) is 1.56. The highest BCUT2D eigenvalue weighted by atomic mass is 79.9. The summed E-state index contributed by atoms with van der Waals surface area (Å²) in [7, 11) is 0. The van der Waals surface area contributed by atoms with Gasteiger partial charge >= 0.3 is 0 Å². The lowest BCUT2D eigenvalue weighted by atomic mass is 9.72. The highest BCUT2D eigenvalue weighted by Crippen LogP contribution is 2.44. The summed E-state index contributed by atoms with van der Waals surface area (Å²) in [5.41, 5.74) is 4.67. The van der Waals surface area contributed by atoms with Gasteiger partial charge in [0.05, 0.1) is 5.60 Å². The maximum absolute atomic E-state index is 10.0. The highest BCUT2D eigenvalue weighted by molar-refractivity contribution is 9.10. The third kappa shape index (κ3) is 1.61. The van der Waals surface area contributed by atoms with Crippen LogP contribution in [-0.4, -0.2) is 30.3 Å². The van der Waals surface area contributed by atoms with E-state index in [0.717, 1.165) is 0 Å². The van der Waals surface area contributed by atoms with Gasteiger partial charge in [-0.15, -0.1) is 0 Å². The standard InChI is InChI=1S/C10H12BrN5O/c1-10(17)2-5(3-10)9-15-7(11)6-8(12)13-4-14-16(6)9/h4-5,17H,2-3H2,1H3,(H2,12,13,14)/t5-,10-/i1D3. The van der Waals surface area contributed by atoms with Crippen LogP contribution in [0.3, 0.4) is 0 Å². The average Bonchev–Trinajstić information content (AvgIpc) is 2.62. The lowest BCUT2D eigenvalue weighted by Crippen LogP contribution is -2.40. The van der Waals surface area contributed by atoms with Crippen LogP contribution in [-0.2, 0) is 0 Å². The van der Waals surface area contributed by atoms with Gasteiger partial charge in [-0.3, -0.25) is 0 Å². The Morgan fingerprint density at radius 1 is 1.71 bits per heavy atom. The fourth-order valence-corrected chi connectivity index (χ4v) is 2.69. The molecule has 3 N–H and O–H groups in total. The molecule has 0 bridgehead atoms. The normalized spacial score (nSPS) is 31.6. The van der Waals surface area contributed by atoms with E-state index in [4.69, 9.17) is 9.85 Å². The van der Waals surface area contributed by atoms with Crippen molar-refractivity contribution >= 4 is 27.3 Å². The first-order valence-corrected chi connectivity index (χ1v) is 5.89. The molecule has 17 heavy (non-hydrogen) atoms. The number of aromatic nitrogens is 4. The van der Waals surface area contributed by atoms with Crippen molar-refractivity contribution in [3.05, 3.63) is 16.8 Å². The minimum absolute atomic E-state index is 0.124. The van der Waals surface area contributed by atoms with Crippen molar-refractivity contribution in [1.29, 1.82) is 0 Å². The predicted molar refractivity (Wildman–Crippen MR) is 65.5 cm³/mol. The van der Waals surface area contributed by atoms with E-state index >= 15 is 0 Å². The summed E-state index contributed by atoms with van der Waals surface area (Å²) in [5.74, 6) is 0.694. The number of aliphatic hydroxyl groups is 1. The molecule has 1 fully saturated rings. The number of nitrogens with two attached hydrogens (primary N) is 1. The Labute approximate surface area is 110 Å². The fourth-order valence-electron chi connectivity index (χ4n) is 2.14. The fraction of sp³-hybridized carbons (Fsp3) is 0.500. The SMILES string of the molecule is [2H]C([2H])([2H])[C@]1(O)C[C@H](c2nc(Br)c3c(N)ncnn32)C1. The summed E-state index contributed by atoms with van der Waals surface area (Å²) < 4.78 is 24.1. The van der Waals surface area contributed by atoms with Crippen LogP contribution in [0, 0.1) is 0 Å². The Bertz CT molecular complexity index is 679. The summed E-state index contributed by atoms with van der Waals surface area (Å²) in [5, 5.41) is 14.1. The molecule has 0 radical (unpaired) electrons. The average molecular weight is 301 g/mol. The van der Waals surface area contributed by atoms with Crippen molar-refractivity contribution in [1.82, 2.24) is 19.6 Å². The van der Waals surface area contributed by atoms with Gasteiger partial charge in [0.2, 0.25) is 0 Å². The van der Waals surface area contributed by atoms with Crippen molar-refractivity contribution in [2.75, 3.05) is 5.73 Å². The predicted octanol–water partition coefficient (Wildman–Crippen LogP) is 1.10. The maximum atomic E-state index is 10.0. The number of fused-ring (bicyclic) bond motifs is 1. The number of halogens is 1. The number of anilines is 1. The smallest absolute Gasteiger partial charge is 0.154 e. The van der Waals surface area contributed by atoms with E-state index in [0.29, 0.717) is 15.9 Å². The van der Waals surface area contributed by atoms with Crippen molar-refractivity contribution in [2.45, 2.75) is 31.2 Å². The van der Waals surface area contributed by atoms with Crippen molar-refractivity contribution in [3.63, 3.8) is 0 Å². The van der Waals surface area contributed by atoms with Crippen LogP contribution in [0.5, 0.6) is 0 Å². The summed E-state index contributed by atoms with van der Waals surface area (Å²) in [6.45, 7) is -2.39. The molecule has 7 heteroatoms. The Balaban J connectivity index is 1.97. The van der Waals surface area contributed by atoms with Gasteiger partial charge in [0.1, 0.15) is 22.3 Å². The highest BCUT2D eigenvalue weighted by Gasteiger charge is 2.41. The van der Waals surface area contributed by atoms with E-state index in [2.05, 4.69) is 31.0 Å². The first-order chi connectivity index (χ1) is 9.23. The van der Waals surface area contributed by atoms with E-state index in [1.165, 1.54) is 10.8 Å². The third-order valence-corrected chi connectivity index (χ3v) is 3.53. The molecule has 0 spiro atoms. The monoisotopic (exact) mass is 300 g/mol. The Morgan fingerprint density at radius 3 is 3.18 bits per heavy atom. The maximum Gasteiger partial charge on any atom is 0.154 e. The number of nitrogens with zero attached hydrogens (tertiary/aromatic N) is 4. The van der Waals surface area contributed by atoms with Crippen molar-refractivity contribution in [3.8, 4) is 0 Å². The summed E-state index contributed by atoms with van der Waals surface area (Å²) in [4.78, 5) is 8.21. The van der Waals surface area contributed by atoms with Gasteiger partial charge in [-0.1, -0.05) is 0 Å². The minimum atomic E-state index is -2.39. The lowest BCUT2D eigenvalue weighted by Gasteiger charge is -2.39. The van der Waals surface area contributed by atoms with Crippen LogP contribution in [0.25, 0.3) is 5.52 Å². The third-order valence-electron chi connectivity index (χ3n) is 2.98. The Kier molecular flexibility index (Phi) is 1.60. The van der Waals surface area contributed by atoms with Gasteiger partial charge in [-0.25, -0.2) is 14.5 Å². The second kappa shape index (κ2) is 3.39. The van der Waals surface area contributed by atoms with E-state index in [9.17, 15) is 5.11 Å². The number of hydrogen-bond acceptors (Lipinski definition) is 5. The molecule has 1 aliphatic carbocycles. The van der Waals surface area contributed by atoms with Gasteiger partial charge in [-0.2, -0.15) is 5.10 Å². The summed E-state index contributed by atoms with van der Waals surface area (Å²) in [6, 6.07) is 0. The molecule has 0 saturated heterocycles. The van der Waals surface area contributed by atoms with Gasteiger partial charge < -0.3 is 10.8 Å². The summed E-state index contributed by atoms with van der Waals surface area (Å²) >= 11 is 3.29. The van der Waals surface area contributed by atoms with Crippen LogP contribution < -0.4 is 5.73 Å². The molecule has 6 nitrogen and oxygen atoms in total. The molecule has 3 rings (SSSR count). The molecule has 1 saturated carbocycles. The molecule has 0 aromatic carbocycles. The van der Waals surface area contributed by atoms with Crippen molar-refractivity contribution in [2.24, 2.45) is 0 Å². The first-order valence-electron chi connectivity index (χ1n) is 6.60. The number of rotatable bonds is 1. The number of imidazole rings is 1. The zero-order valence-corrected chi connectivity index (χ0v) is 10.3. The van der Waals surface area contributed by atoms with Crippen LogP contribution in [0.4, 0.5) is 5.82 Å². The number of hydrogen-bond donors (Lipinski definition) is 2. The molecular formula is C10H12BrN5O.